The lowest BCUT2D eigenvalue weighted by Crippen LogP contribution is -2.65. The zero-order valence-corrected chi connectivity index (χ0v) is 14.2. The lowest BCUT2D eigenvalue weighted by atomic mass is 9.97. The molecule has 0 amide bonds. The normalized spacial score (nSPS) is 25.9. The minimum atomic E-state index is -0.408. The molecule has 1 aliphatic rings. The predicted octanol–water partition coefficient (Wildman–Crippen LogP) is 3.51. The van der Waals surface area contributed by atoms with Crippen LogP contribution in [0.1, 0.15) is 32.8 Å². The Kier molecular flexibility index (Phi) is 4.26. The summed E-state index contributed by atoms with van der Waals surface area (Å²) in [5, 5.41) is 0. The summed E-state index contributed by atoms with van der Waals surface area (Å²) in [6, 6.07) is 8.28. The summed E-state index contributed by atoms with van der Waals surface area (Å²) in [7, 11) is 2.14. The van der Waals surface area contributed by atoms with Crippen LogP contribution in [-0.2, 0) is 16.1 Å². The minimum Gasteiger partial charge on any atom is -0.456 e. The fraction of sp³-hybridized carbons (Fsp3) is 0.562. The highest BCUT2D eigenvalue weighted by molar-refractivity contribution is 9.10. The van der Waals surface area contributed by atoms with Gasteiger partial charge < -0.3 is 9.22 Å². The summed E-state index contributed by atoms with van der Waals surface area (Å²) < 4.78 is 7.36. The molecule has 0 N–H and O–H groups in total. The highest BCUT2D eigenvalue weighted by Crippen LogP contribution is 2.31. The number of esters is 1. The Labute approximate surface area is 129 Å². The van der Waals surface area contributed by atoms with E-state index in [0.29, 0.717) is 0 Å². The Morgan fingerprint density at radius 1 is 1.35 bits per heavy atom. The highest BCUT2D eigenvalue weighted by Gasteiger charge is 2.49. The van der Waals surface area contributed by atoms with Crippen molar-refractivity contribution in [2.45, 2.75) is 45.4 Å². The maximum Gasteiger partial charge on any atom is 0.365 e. The van der Waals surface area contributed by atoms with Gasteiger partial charge in [0.25, 0.3) is 0 Å². The van der Waals surface area contributed by atoms with Crippen molar-refractivity contribution in [2.24, 2.45) is 0 Å². The Hall–Kier alpha value is -0.870. The first-order valence-electron chi connectivity index (χ1n) is 7.01. The van der Waals surface area contributed by atoms with Crippen LogP contribution in [0.3, 0.4) is 0 Å². The number of rotatable bonds is 3. The summed E-state index contributed by atoms with van der Waals surface area (Å²) in [6.45, 7) is 7.66. The van der Waals surface area contributed by atoms with Crippen molar-refractivity contribution in [2.75, 3.05) is 13.6 Å². The van der Waals surface area contributed by atoms with E-state index in [9.17, 15) is 4.79 Å². The molecule has 1 heterocycles. The molecule has 110 valence electrons. The quantitative estimate of drug-likeness (QED) is 0.621. The molecule has 2 atom stereocenters. The van der Waals surface area contributed by atoms with Gasteiger partial charge in [0.2, 0.25) is 0 Å². The van der Waals surface area contributed by atoms with E-state index in [4.69, 9.17) is 4.74 Å². The molecule has 0 aliphatic carbocycles. The summed E-state index contributed by atoms with van der Waals surface area (Å²) in [5.41, 5.74) is 0.846. The number of nitrogens with zero attached hydrogens (tertiary/aromatic N) is 1. The molecule has 0 spiro atoms. The third-order valence-electron chi connectivity index (χ3n) is 3.80. The second-order valence-corrected chi connectivity index (χ2v) is 7.74. The number of halogens is 1. The number of likely N-dealkylation sites (tertiary alicyclic amines) is 1. The van der Waals surface area contributed by atoms with Crippen LogP contribution in [0.4, 0.5) is 0 Å². The van der Waals surface area contributed by atoms with Crippen molar-refractivity contribution < 1.29 is 14.0 Å². The van der Waals surface area contributed by atoms with Gasteiger partial charge in [-0.1, -0.05) is 28.1 Å². The SMILES string of the molecule is CC(C)(C)OC(=O)[C@H]1CC[N@+]1(C)Cc1ccc(Br)cc1. The summed E-state index contributed by atoms with van der Waals surface area (Å²) in [6.07, 6.45) is 0.919. The van der Waals surface area contributed by atoms with Gasteiger partial charge in [0.15, 0.2) is 6.04 Å². The maximum absolute atomic E-state index is 12.3. The number of hydrogen-bond donors (Lipinski definition) is 0. The van der Waals surface area contributed by atoms with Crippen LogP contribution in [0.2, 0.25) is 0 Å². The van der Waals surface area contributed by atoms with Crippen molar-refractivity contribution in [3.8, 4) is 0 Å². The van der Waals surface area contributed by atoms with Crippen LogP contribution in [0.25, 0.3) is 0 Å². The van der Waals surface area contributed by atoms with E-state index in [-0.39, 0.29) is 12.0 Å². The molecule has 3 nitrogen and oxygen atoms in total. The number of hydrogen-bond acceptors (Lipinski definition) is 2. The van der Waals surface area contributed by atoms with Gasteiger partial charge in [-0.15, -0.1) is 0 Å². The molecule has 0 saturated carbocycles. The van der Waals surface area contributed by atoms with Gasteiger partial charge in [0, 0.05) is 10.0 Å². The molecule has 1 aliphatic heterocycles. The number of carbonyl (C=O) groups excluding carboxylic acids is 1. The van der Waals surface area contributed by atoms with E-state index in [0.717, 1.165) is 28.5 Å². The van der Waals surface area contributed by atoms with Crippen LogP contribution in [0.5, 0.6) is 0 Å². The molecule has 1 aromatic rings. The van der Waals surface area contributed by atoms with Crippen molar-refractivity contribution in [1.29, 1.82) is 0 Å². The molecular formula is C16H23BrNO2+. The van der Waals surface area contributed by atoms with Crippen LogP contribution < -0.4 is 0 Å². The first-order valence-corrected chi connectivity index (χ1v) is 7.80. The summed E-state index contributed by atoms with van der Waals surface area (Å²) in [4.78, 5) is 12.3. The van der Waals surface area contributed by atoms with Crippen LogP contribution in [0, 0.1) is 0 Å². The van der Waals surface area contributed by atoms with Gasteiger partial charge in [0.05, 0.1) is 20.0 Å². The molecule has 1 aromatic carbocycles. The lowest BCUT2D eigenvalue weighted by Gasteiger charge is -2.48. The van der Waals surface area contributed by atoms with E-state index in [1.165, 1.54) is 5.56 Å². The van der Waals surface area contributed by atoms with Gasteiger partial charge in [-0.3, -0.25) is 0 Å². The van der Waals surface area contributed by atoms with Crippen molar-refractivity contribution in [3.05, 3.63) is 34.3 Å². The third kappa shape index (κ3) is 3.61. The molecule has 4 heteroatoms. The van der Waals surface area contributed by atoms with E-state index < -0.39 is 5.60 Å². The predicted molar refractivity (Wildman–Crippen MR) is 83.1 cm³/mol. The Bertz CT molecular complexity index is 492. The van der Waals surface area contributed by atoms with Crippen molar-refractivity contribution in [3.63, 3.8) is 0 Å². The molecular weight excluding hydrogens is 318 g/mol. The van der Waals surface area contributed by atoms with E-state index in [1.807, 2.05) is 32.9 Å². The van der Waals surface area contributed by atoms with E-state index in [2.05, 4.69) is 35.1 Å². The molecule has 1 fully saturated rings. The second kappa shape index (κ2) is 5.49. The molecule has 0 aromatic heterocycles. The number of ether oxygens (including phenoxy) is 1. The maximum atomic E-state index is 12.3. The Balaban J connectivity index is 2.03. The fourth-order valence-corrected chi connectivity index (χ4v) is 2.90. The van der Waals surface area contributed by atoms with Gasteiger partial charge >= 0.3 is 5.97 Å². The molecule has 0 unspecified atom stereocenters. The average molecular weight is 341 g/mol. The fourth-order valence-electron chi connectivity index (χ4n) is 2.64. The van der Waals surface area contributed by atoms with Gasteiger partial charge in [-0.25, -0.2) is 4.79 Å². The number of likely N-dealkylation sites (N-methyl/N-ethyl adjacent to an activating group) is 1. The number of quaternary nitrogens is 1. The number of benzene rings is 1. The van der Waals surface area contributed by atoms with Gasteiger partial charge in [-0.2, -0.15) is 0 Å². The molecule has 20 heavy (non-hydrogen) atoms. The molecule has 0 bridgehead atoms. The first kappa shape index (κ1) is 15.5. The van der Waals surface area contributed by atoms with Crippen molar-refractivity contribution in [1.82, 2.24) is 0 Å². The standard InChI is InChI=1S/C16H23BrNO2/c1-16(2,3)20-15(19)14-9-10-18(14,4)11-12-5-7-13(17)8-6-12/h5-8,14H,9-11H2,1-4H3/q+1/t14-,18-/m1/s1. The first-order chi connectivity index (χ1) is 9.20. The largest absolute Gasteiger partial charge is 0.456 e. The average Bonchev–Trinajstić information content (AvgIpc) is 2.28. The molecule has 0 radical (unpaired) electrons. The molecule has 1 saturated heterocycles. The molecule has 2 rings (SSSR count). The van der Waals surface area contributed by atoms with Crippen LogP contribution >= 0.6 is 15.9 Å². The minimum absolute atomic E-state index is 0.0297. The highest BCUT2D eigenvalue weighted by atomic mass is 79.9. The third-order valence-corrected chi connectivity index (χ3v) is 4.33. The summed E-state index contributed by atoms with van der Waals surface area (Å²) >= 11 is 3.45. The van der Waals surface area contributed by atoms with Gasteiger partial charge in [0.1, 0.15) is 12.1 Å². The zero-order chi connectivity index (χ0) is 15.0. The monoisotopic (exact) mass is 340 g/mol. The van der Waals surface area contributed by atoms with Crippen LogP contribution in [0.15, 0.2) is 28.7 Å². The smallest absolute Gasteiger partial charge is 0.365 e. The topological polar surface area (TPSA) is 26.3 Å². The van der Waals surface area contributed by atoms with Crippen LogP contribution in [-0.4, -0.2) is 35.7 Å². The second-order valence-electron chi connectivity index (χ2n) is 6.83. The Morgan fingerprint density at radius 3 is 2.40 bits per heavy atom. The van der Waals surface area contributed by atoms with E-state index in [1.54, 1.807) is 0 Å². The Morgan fingerprint density at radius 2 is 1.95 bits per heavy atom. The van der Waals surface area contributed by atoms with E-state index >= 15 is 0 Å². The van der Waals surface area contributed by atoms with Crippen molar-refractivity contribution >= 4 is 21.9 Å². The number of carbonyl (C=O) groups is 1. The zero-order valence-electron chi connectivity index (χ0n) is 12.6. The van der Waals surface area contributed by atoms with Gasteiger partial charge in [-0.05, 0) is 32.9 Å². The lowest BCUT2D eigenvalue weighted by molar-refractivity contribution is -0.975. The summed E-state index contributed by atoms with van der Waals surface area (Å²) in [5.74, 6) is -0.0663.